The smallest absolute Gasteiger partial charge is 0.497 e. The standard InChI is InChI=1S/C44H48BN5O5S/c1-54-45(19-14-30-6-2-11-37(24-30)42(51)49-20-15-33(16-21-49)35-9-3-7-31(25-35)28-46)55-44(53)56-41-13-5-12-39-38(41)27-40(48-39)43(52)50-22-17-34(18-23-50)36-10-4-8-32(26-36)29-47/h2-14,19,24-27,33-34,48H,15-18,20-23,28-29,46-47H2,1H3. The first kappa shape index (κ1) is 39.1. The third-order valence-electron chi connectivity index (χ3n) is 11.0. The third kappa shape index (κ3) is 9.28. The number of fused-ring (bicyclic) bond motifs is 1. The van der Waals surface area contributed by atoms with E-state index in [4.69, 9.17) is 20.8 Å². The molecule has 1 aromatic heterocycles. The average molecular weight is 770 g/mol. The van der Waals surface area contributed by atoms with Gasteiger partial charge in [0.2, 0.25) is 0 Å². The van der Waals surface area contributed by atoms with Gasteiger partial charge in [0.15, 0.2) is 0 Å². The number of thioether (sulfide) groups is 1. The highest BCUT2D eigenvalue weighted by molar-refractivity contribution is 8.13. The molecular weight excluding hydrogens is 721 g/mol. The highest BCUT2D eigenvalue weighted by atomic mass is 32.2. The average Bonchev–Trinajstić information content (AvgIpc) is 3.70. The second kappa shape index (κ2) is 18.2. The lowest BCUT2D eigenvalue weighted by Gasteiger charge is -2.32. The van der Waals surface area contributed by atoms with Crippen molar-refractivity contribution in [3.8, 4) is 0 Å². The number of amides is 2. The normalized spacial score (nSPS) is 15.4. The summed E-state index contributed by atoms with van der Waals surface area (Å²) in [6.07, 6.45) is 5.36. The molecule has 2 fully saturated rings. The van der Waals surface area contributed by atoms with Crippen LogP contribution >= 0.6 is 11.8 Å². The number of hydrogen-bond acceptors (Lipinski definition) is 8. The summed E-state index contributed by atoms with van der Waals surface area (Å²) >= 11 is 0.938. The number of rotatable bonds is 11. The Morgan fingerprint density at radius 1 is 0.768 bits per heavy atom. The molecule has 2 aliphatic rings. The fraction of sp³-hybridized carbons (Fsp3) is 0.295. The van der Waals surface area contributed by atoms with Crippen molar-refractivity contribution in [3.63, 3.8) is 0 Å². The van der Waals surface area contributed by atoms with Gasteiger partial charge in [-0.25, -0.2) is 4.79 Å². The van der Waals surface area contributed by atoms with E-state index in [1.54, 1.807) is 12.1 Å². The lowest BCUT2D eigenvalue weighted by molar-refractivity contribution is 0.0702. The lowest BCUT2D eigenvalue weighted by atomic mass is 9.88. The summed E-state index contributed by atoms with van der Waals surface area (Å²) in [6.45, 7) is 3.74. The number of piperidine rings is 2. The number of nitrogens with one attached hydrogen (secondary N) is 1. The molecule has 12 heteroatoms. The van der Waals surface area contributed by atoms with Gasteiger partial charge < -0.3 is 35.6 Å². The van der Waals surface area contributed by atoms with Gasteiger partial charge in [0.25, 0.3) is 11.8 Å². The number of likely N-dealkylation sites (tertiary alicyclic amines) is 2. The number of benzene rings is 4. The molecule has 2 saturated heterocycles. The maximum absolute atomic E-state index is 13.6. The minimum Gasteiger partial charge on any atom is -0.497 e. The monoisotopic (exact) mass is 769 g/mol. The zero-order chi connectivity index (χ0) is 39.0. The number of nitrogens with two attached hydrogens (primary N) is 2. The summed E-state index contributed by atoms with van der Waals surface area (Å²) in [5.41, 5.74) is 19.1. The Bertz CT molecular complexity index is 2210. The molecular formula is C44H48BN5O5S. The molecule has 56 heavy (non-hydrogen) atoms. The number of carbonyl (C=O) groups excluding carboxylic acids is 3. The quantitative estimate of drug-likeness (QED) is 0.0915. The second-order valence-corrected chi connectivity index (χ2v) is 15.5. The van der Waals surface area contributed by atoms with Crippen molar-refractivity contribution in [1.82, 2.24) is 14.8 Å². The number of H-pyrrole nitrogens is 1. The van der Waals surface area contributed by atoms with Crippen LogP contribution in [-0.4, -0.2) is 72.3 Å². The molecule has 4 aromatic carbocycles. The van der Waals surface area contributed by atoms with E-state index in [1.165, 1.54) is 18.2 Å². The van der Waals surface area contributed by atoms with Crippen LogP contribution in [0.3, 0.4) is 0 Å². The summed E-state index contributed by atoms with van der Waals surface area (Å²) in [7, 11) is 0.516. The van der Waals surface area contributed by atoms with Crippen molar-refractivity contribution in [3.05, 3.63) is 142 Å². The summed E-state index contributed by atoms with van der Waals surface area (Å²) in [6, 6.07) is 31.6. The van der Waals surface area contributed by atoms with Gasteiger partial charge in [-0.05, 0) is 113 Å². The number of aromatic nitrogens is 1. The van der Waals surface area contributed by atoms with Gasteiger partial charge in [-0.15, -0.1) is 0 Å². The van der Waals surface area contributed by atoms with Gasteiger partial charge in [0.1, 0.15) is 5.69 Å². The van der Waals surface area contributed by atoms with Crippen LogP contribution in [-0.2, 0) is 22.4 Å². The van der Waals surface area contributed by atoms with E-state index < -0.39 is 12.4 Å². The van der Waals surface area contributed by atoms with Gasteiger partial charge in [-0.3, -0.25) is 9.59 Å². The highest BCUT2D eigenvalue weighted by Crippen LogP contribution is 2.33. The van der Waals surface area contributed by atoms with Gasteiger partial charge >= 0.3 is 12.4 Å². The highest BCUT2D eigenvalue weighted by Gasteiger charge is 2.28. The number of carbonyl (C=O) groups is 3. The largest absolute Gasteiger partial charge is 0.557 e. The van der Waals surface area contributed by atoms with Crippen LogP contribution < -0.4 is 11.5 Å². The first-order valence-electron chi connectivity index (χ1n) is 19.3. The molecule has 5 N–H and O–H groups in total. The number of nitrogens with zero attached hydrogens (tertiary/aromatic N) is 2. The molecule has 0 saturated carbocycles. The summed E-state index contributed by atoms with van der Waals surface area (Å²) in [5.74, 6) is 2.40. The molecule has 10 nitrogen and oxygen atoms in total. The van der Waals surface area contributed by atoms with E-state index in [9.17, 15) is 14.4 Å². The number of aromatic amines is 1. The maximum Gasteiger partial charge on any atom is 0.557 e. The Kier molecular flexibility index (Phi) is 12.7. The van der Waals surface area contributed by atoms with E-state index in [0.29, 0.717) is 67.3 Å². The van der Waals surface area contributed by atoms with Crippen molar-refractivity contribution < 1.29 is 23.7 Å². The van der Waals surface area contributed by atoms with Crippen LogP contribution in [0.4, 0.5) is 4.79 Å². The Hall–Kier alpha value is -5.14. The number of hydrogen-bond donors (Lipinski definition) is 3. The summed E-state index contributed by atoms with van der Waals surface area (Å²) in [5, 5.41) is 0.216. The second-order valence-electron chi connectivity index (χ2n) is 14.5. The maximum atomic E-state index is 13.6. The molecule has 0 spiro atoms. The fourth-order valence-electron chi connectivity index (χ4n) is 7.80. The van der Waals surface area contributed by atoms with E-state index in [-0.39, 0.29) is 11.8 Å². The van der Waals surface area contributed by atoms with E-state index in [1.807, 2.05) is 70.5 Å². The molecule has 0 radical (unpaired) electrons. The third-order valence-corrected chi connectivity index (χ3v) is 11.8. The van der Waals surface area contributed by atoms with Crippen molar-refractivity contribution in [2.75, 3.05) is 33.3 Å². The molecule has 5 aromatic rings. The van der Waals surface area contributed by atoms with Gasteiger partial charge in [-0.2, -0.15) is 0 Å². The Morgan fingerprint density at radius 2 is 1.36 bits per heavy atom. The zero-order valence-corrected chi connectivity index (χ0v) is 32.5. The Labute approximate surface area is 332 Å². The molecule has 7 rings (SSSR count). The topological polar surface area (TPSA) is 144 Å². The van der Waals surface area contributed by atoms with Crippen LogP contribution in [0.2, 0.25) is 0 Å². The van der Waals surface area contributed by atoms with Crippen LogP contribution in [0.25, 0.3) is 17.0 Å². The van der Waals surface area contributed by atoms with E-state index in [0.717, 1.165) is 65.0 Å². The zero-order valence-electron chi connectivity index (χ0n) is 31.7. The summed E-state index contributed by atoms with van der Waals surface area (Å²) < 4.78 is 11.1. The molecule has 0 atom stereocenters. The predicted octanol–water partition coefficient (Wildman–Crippen LogP) is 7.74. The van der Waals surface area contributed by atoms with E-state index >= 15 is 0 Å². The minimum atomic E-state index is -0.950. The molecule has 0 aliphatic carbocycles. The van der Waals surface area contributed by atoms with Gasteiger partial charge in [0, 0.05) is 67.7 Å². The summed E-state index contributed by atoms with van der Waals surface area (Å²) in [4.78, 5) is 47.9. The first-order chi connectivity index (χ1) is 27.3. The van der Waals surface area contributed by atoms with Crippen molar-refractivity contribution >= 4 is 53.0 Å². The predicted molar refractivity (Wildman–Crippen MR) is 223 cm³/mol. The molecule has 288 valence electrons. The molecule has 2 aliphatic heterocycles. The van der Waals surface area contributed by atoms with Crippen LogP contribution in [0.15, 0.2) is 108 Å². The van der Waals surface area contributed by atoms with Crippen molar-refractivity contribution in [2.24, 2.45) is 11.5 Å². The Balaban J connectivity index is 0.927. The van der Waals surface area contributed by atoms with Gasteiger partial charge in [0.05, 0.1) is 0 Å². The first-order valence-corrected chi connectivity index (χ1v) is 20.1. The van der Waals surface area contributed by atoms with Crippen LogP contribution in [0.5, 0.6) is 0 Å². The molecule has 3 heterocycles. The van der Waals surface area contributed by atoms with Crippen molar-refractivity contribution in [2.45, 2.75) is 55.5 Å². The molecule has 0 bridgehead atoms. The molecule has 2 amide bonds. The minimum absolute atomic E-state index is 0.00125. The lowest BCUT2D eigenvalue weighted by Crippen LogP contribution is -2.38. The van der Waals surface area contributed by atoms with E-state index in [2.05, 4.69) is 41.4 Å². The Morgan fingerprint density at radius 3 is 1.96 bits per heavy atom. The van der Waals surface area contributed by atoms with Crippen LogP contribution in [0, 0.1) is 0 Å². The molecule has 0 unspecified atom stereocenters. The SMILES string of the molecule is COB(C=Cc1cccc(C(=O)N2CCC(c3cccc(CN)c3)CC2)c1)OC(=O)Sc1cccc2[nH]c(C(=O)N3CCC(c4cccc(CN)c4)CC3)cc12. The van der Waals surface area contributed by atoms with Crippen molar-refractivity contribution in [1.29, 1.82) is 0 Å². The van der Waals surface area contributed by atoms with Gasteiger partial charge in [-0.1, -0.05) is 72.8 Å². The fourth-order valence-corrected chi connectivity index (χ4v) is 8.55. The van der Waals surface area contributed by atoms with Crippen LogP contribution in [0.1, 0.15) is 86.2 Å².